The van der Waals surface area contributed by atoms with Crippen molar-refractivity contribution in [1.29, 1.82) is 0 Å². The Morgan fingerprint density at radius 3 is 2.58 bits per heavy atom. The summed E-state index contributed by atoms with van der Waals surface area (Å²) in [6.07, 6.45) is 0. The van der Waals surface area contributed by atoms with Gasteiger partial charge in [0.25, 0.3) is 0 Å². The monoisotopic (exact) mass is 370 g/mol. The Bertz CT molecular complexity index is 745. The van der Waals surface area contributed by atoms with E-state index in [2.05, 4.69) is 53.1 Å². The Morgan fingerprint density at radius 1 is 0.923 bits per heavy atom. The zero-order valence-electron chi connectivity index (χ0n) is 15.3. The SMILES string of the molecule is Cc1ccccc1SCCN1CCN(c2cccc3c2OCCO3)CC1. The standard InChI is InChI=1S/C21H26N2O2S/c1-17-5-2-3-8-20(17)26-16-13-22-9-11-23(12-10-22)18-6-4-7-19-21(18)25-15-14-24-19/h2-8H,9-16H2,1H3. The van der Waals surface area contributed by atoms with E-state index >= 15 is 0 Å². The lowest BCUT2D eigenvalue weighted by molar-refractivity contribution is 0.171. The summed E-state index contributed by atoms with van der Waals surface area (Å²) < 4.78 is 11.6. The summed E-state index contributed by atoms with van der Waals surface area (Å²) in [5.41, 5.74) is 2.55. The van der Waals surface area contributed by atoms with Crippen molar-refractivity contribution in [2.45, 2.75) is 11.8 Å². The smallest absolute Gasteiger partial charge is 0.184 e. The highest BCUT2D eigenvalue weighted by Gasteiger charge is 2.23. The van der Waals surface area contributed by atoms with Gasteiger partial charge in [0.05, 0.1) is 5.69 Å². The van der Waals surface area contributed by atoms with Crippen LogP contribution in [0.25, 0.3) is 0 Å². The van der Waals surface area contributed by atoms with E-state index in [-0.39, 0.29) is 0 Å². The van der Waals surface area contributed by atoms with Crippen LogP contribution in [0.5, 0.6) is 11.5 Å². The van der Waals surface area contributed by atoms with Crippen LogP contribution in [0.1, 0.15) is 5.56 Å². The van der Waals surface area contributed by atoms with Crippen LogP contribution in [0.3, 0.4) is 0 Å². The van der Waals surface area contributed by atoms with Crippen molar-refractivity contribution < 1.29 is 9.47 Å². The number of piperazine rings is 1. The summed E-state index contributed by atoms with van der Waals surface area (Å²) in [5, 5.41) is 0. The summed E-state index contributed by atoms with van der Waals surface area (Å²) in [5.74, 6) is 2.94. The van der Waals surface area contributed by atoms with E-state index in [1.54, 1.807) is 0 Å². The Balaban J connectivity index is 1.29. The van der Waals surface area contributed by atoms with Crippen LogP contribution >= 0.6 is 11.8 Å². The van der Waals surface area contributed by atoms with Gasteiger partial charge in [0.15, 0.2) is 11.5 Å². The minimum Gasteiger partial charge on any atom is -0.486 e. The molecular formula is C21H26N2O2S. The third-order valence-corrected chi connectivity index (χ3v) is 6.17. The molecule has 0 unspecified atom stereocenters. The predicted octanol–water partition coefficient (Wildman–Crippen LogP) is 3.68. The number of hydrogen-bond donors (Lipinski definition) is 0. The van der Waals surface area contributed by atoms with Crippen LogP contribution in [-0.2, 0) is 0 Å². The molecule has 2 aliphatic rings. The summed E-state index contributed by atoms with van der Waals surface area (Å²) in [4.78, 5) is 6.40. The van der Waals surface area contributed by atoms with Gasteiger partial charge in [0.1, 0.15) is 13.2 Å². The molecule has 0 N–H and O–H groups in total. The second kappa shape index (κ2) is 8.23. The second-order valence-corrected chi connectivity index (χ2v) is 7.88. The maximum atomic E-state index is 5.88. The summed E-state index contributed by atoms with van der Waals surface area (Å²) >= 11 is 1.96. The molecular weight excluding hydrogens is 344 g/mol. The Labute approximate surface area is 160 Å². The lowest BCUT2D eigenvalue weighted by atomic mass is 10.2. The number of anilines is 1. The lowest BCUT2D eigenvalue weighted by Crippen LogP contribution is -2.47. The highest BCUT2D eigenvalue weighted by molar-refractivity contribution is 7.99. The predicted molar refractivity (Wildman–Crippen MR) is 108 cm³/mol. The van der Waals surface area contributed by atoms with Gasteiger partial charge in [0.2, 0.25) is 0 Å². The average molecular weight is 371 g/mol. The number of benzene rings is 2. The summed E-state index contributed by atoms with van der Waals surface area (Å²) in [6.45, 7) is 8.87. The maximum absolute atomic E-state index is 5.88. The van der Waals surface area contributed by atoms with Crippen molar-refractivity contribution in [2.24, 2.45) is 0 Å². The fourth-order valence-electron chi connectivity index (χ4n) is 3.52. The third-order valence-electron chi connectivity index (χ3n) is 5.02. The lowest BCUT2D eigenvalue weighted by Gasteiger charge is -2.37. The summed E-state index contributed by atoms with van der Waals surface area (Å²) in [7, 11) is 0. The molecule has 26 heavy (non-hydrogen) atoms. The number of hydrogen-bond acceptors (Lipinski definition) is 5. The number of aryl methyl sites for hydroxylation is 1. The average Bonchev–Trinajstić information content (AvgIpc) is 2.70. The first-order chi connectivity index (χ1) is 12.8. The van der Waals surface area contributed by atoms with E-state index in [9.17, 15) is 0 Å². The van der Waals surface area contributed by atoms with Gasteiger partial charge in [0, 0.05) is 43.4 Å². The van der Waals surface area contributed by atoms with Gasteiger partial charge >= 0.3 is 0 Å². The van der Waals surface area contributed by atoms with E-state index in [1.165, 1.54) is 16.1 Å². The van der Waals surface area contributed by atoms with Crippen molar-refractivity contribution in [3.63, 3.8) is 0 Å². The number of thioether (sulfide) groups is 1. The maximum Gasteiger partial charge on any atom is 0.184 e. The number of rotatable bonds is 5. The minimum atomic E-state index is 0.639. The molecule has 4 rings (SSSR count). The Morgan fingerprint density at radius 2 is 1.73 bits per heavy atom. The summed E-state index contributed by atoms with van der Waals surface area (Å²) in [6, 6.07) is 14.9. The molecule has 138 valence electrons. The van der Waals surface area contributed by atoms with Crippen molar-refractivity contribution >= 4 is 17.4 Å². The van der Waals surface area contributed by atoms with Crippen LogP contribution in [0.2, 0.25) is 0 Å². The van der Waals surface area contributed by atoms with Crippen LogP contribution in [-0.4, -0.2) is 56.6 Å². The molecule has 5 heteroatoms. The van der Waals surface area contributed by atoms with Gasteiger partial charge in [-0.25, -0.2) is 0 Å². The molecule has 0 amide bonds. The minimum absolute atomic E-state index is 0.639. The second-order valence-electron chi connectivity index (χ2n) is 6.74. The molecule has 2 aliphatic heterocycles. The molecule has 2 aromatic rings. The van der Waals surface area contributed by atoms with Crippen molar-refractivity contribution in [1.82, 2.24) is 4.90 Å². The highest BCUT2D eigenvalue weighted by atomic mass is 32.2. The number of fused-ring (bicyclic) bond motifs is 1. The number of para-hydroxylation sites is 1. The van der Waals surface area contributed by atoms with E-state index in [0.717, 1.165) is 50.0 Å². The van der Waals surface area contributed by atoms with Crippen LogP contribution in [0.15, 0.2) is 47.4 Å². The van der Waals surface area contributed by atoms with Crippen molar-refractivity contribution in [3.05, 3.63) is 48.0 Å². The molecule has 0 atom stereocenters. The quantitative estimate of drug-likeness (QED) is 0.748. The first-order valence-electron chi connectivity index (χ1n) is 9.35. The molecule has 0 bridgehead atoms. The first-order valence-corrected chi connectivity index (χ1v) is 10.3. The first kappa shape index (κ1) is 17.6. The highest BCUT2D eigenvalue weighted by Crippen LogP contribution is 2.39. The van der Waals surface area contributed by atoms with Crippen LogP contribution in [0, 0.1) is 6.92 Å². The van der Waals surface area contributed by atoms with Gasteiger partial charge in [-0.3, -0.25) is 4.90 Å². The van der Waals surface area contributed by atoms with Gasteiger partial charge in [-0.05, 0) is 30.7 Å². The normalized spacial score (nSPS) is 17.3. The molecule has 0 radical (unpaired) electrons. The van der Waals surface area contributed by atoms with Crippen LogP contribution < -0.4 is 14.4 Å². The molecule has 2 heterocycles. The van der Waals surface area contributed by atoms with Gasteiger partial charge in [-0.2, -0.15) is 0 Å². The topological polar surface area (TPSA) is 24.9 Å². The molecule has 0 aliphatic carbocycles. The molecule has 2 aromatic carbocycles. The van der Waals surface area contributed by atoms with E-state index in [1.807, 2.05) is 17.8 Å². The Hall–Kier alpha value is -1.85. The van der Waals surface area contributed by atoms with E-state index in [4.69, 9.17) is 9.47 Å². The van der Waals surface area contributed by atoms with E-state index < -0.39 is 0 Å². The molecule has 0 spiro atoms. The van der Waals surface area contributed by atoms with Crippen LogP contribution in [0.4, 0.5) is 5.69 Å². The van der Waals surface area contributed by atoms with Gasteiger partial charge in [-0.1, -0.05) is 24.3 Å². The molecule has 4 nitrogen and oxygen atoms in total. The van der Waals surface area contributed by atoms with Crippen molar-refractivity contribution in [2.75, 3.05) is 56.6 Å². The van der Waals surface area contributed by atoms with Gasteiger partial charge < -0.3 is 14.4 Å². The largest absolute Gasteiger partial charge is 0.486 e. The number of ether oxygens (including phenoxy) is 2. The Kier molecular flexibility index (Phi) is 5.56. The van der Waals surface area contributed by atoms with E-state index in [0.29, 0.717) is 13.2 Å². The molecule has 1 fully saturated rings. The molecule has 0 saturated carbocycles. The zero-order chi connectivity index (χ0) is 17.8. The fraction of sp³-hybridized carbons (Fsp3) is 0.429. The molecule has 0 aromatic heterocycles. The molecule has 1 saturated heterocycles. The van der Waals surface area contributed by atoms with Crippen molar-refractivity contribution in [3.8, 4) is 11.5 Å². The fourth-order valence-corrected chi connectivity index (χ4v) is 4.56. The zero-order valence-corrected chi connectivity index (χ0v) is 16.1. The third kappa shape index (κ3) is 3.94. The number of nitrogens with zero attached hydrogens (tertiary/aromatic N) is 2. The van der Waals surface area contributed by atoms with Gasteiger partial charge in [-0.15, -0.1) is 11.8 Å².